The maximum atomic E-state index is 13.3. The van der Waals surface area contributed by atoms with E-state index in [0.717, 1.165) is 49.7 Å². The molecule has 0 amide bonds. The molecule has 2 N–H and O–H groups in total. The summed E-state index contributed by atoms with van der Waals surface area (Å²) in [5.41, 5.74) is 2.69. The third-order valence-corrected chi connectivity index (χ3v) is 11.1. The zero-order chi connectivity index (χ0) is 38.4. The summed E-state index contributed by atoms with van der Waals surface area (Å²) in [6.07, 6.45) is 0.964. The van der Waals surface area contributed by atoms with Gasteiger partial charge in [-0.1, -0.05) is 13.0 Å². The Morgan fingerprint density at radius 3 is 1.91 bits per heavy atom. The van der Waals surface area contributed by atoms with Crippen LogP contribution in [0.25, 0.3) is 33.4 Å². The highest BCUT2D eigenvalue weighted by atomic mass is 32.2. The van der Waals surface area contributed by atoms with Gasteiger partial charge in [0.2, 0.25) is 15.4 Å². The number of benzene rings is 3. The van der Waals surface area contributed by atoms with Gasteiger partial charge in [-0.05, 0) is 64.4 Å². The van der Waals surface area contributed by atoms with E-state index in [1.807, 2.05) is 43.3 Å². The zero-order valence-electron chi connectivity index (χ0n) is 31.4. The van der Waals surface area contributed by atoms with Gasteiger partial charge in [0, 0.05) is 66.1 Å². The quantitative estimate of drug-likeness (QED) is 0.0459. The Morgan fingerprint density at radius 1 is 0.717 bits per heavy atom. The molecule has 0 saturated heterocycles. The highest BCUT2D eigenvalue weighted by Gasteiger charge is 2.27. The molecule has 0 spiro atoms. The van der Waals surface area contributed by atoms with Gasteiger partial charge >= 0.3 is 0 Å². The fourth-order valence-corrected chi connectivity index (χ4v) is 7.89. The molecule has 292 valence electrons. The Kier molecular flexibility index (Phi) is 16.2. The van der Waals surface area contributed by atoms with E-state index in [9.17, 15) is 21.4 Å². The molecule has 4 rings (SSSR count). The molecule has 0 atom stereocenters. The monoisotopic (exact) mass is 776 g/mol. The van der Waals surface area contributed by atoms with Crippen LogP contribution in [0.5, 0.6) is 0 Å². The van der Waals surface area contributed by atoms with Crippen molar-refractivity contribution in [1.29, 1.82) is 0 Å². The second kappa shape index (κ2) is 20.3. The Hall–Kier alpha value is -3.41. The molecule has 2 aromatic carbocycles. The first-order chi connectivity index (χ1) is 25.5. The van der Waals surface area contributed by atoms with Crippen molar-refractivity contribution in [3.05, 3.63) is 60.0 Å². The molecule has 15 heteroatoms. The molecule has 0 bridgehead atoms. The molecule has 2 aliphatic rings. The minimum Gasteiger partial charge on any atom is -0.456 e. The van der Waals surface area contributed by atoms with Crippen LogP contribution in [-0.2, 0) is 39.1 Å². The first-order valence-electron chi connectivity index (χ1n) is 18.2. The van der Waals surface area contributed by atoms with Crippen LogP contribution in [0.1, 0.15) is 41.0 Å². The number of nitrogens with one attached hydrogen (secondary N) is 1. The highest BCUT2D eigenvalue weighted by Crippen LogP contribution is 2.43. The molecule has 1 heterocycles. The van der Waals surface area contributed by atoms with Gasteiger partial charge in [0.15, 0.2) is 0 Å². The van der Waals surface area contributed by atoms with Crippen LogP contribution in [0.2, 0.25) is 0 Å². The second-order valence-corrected chi connectivity index (χ2v) is 15.3. The number of rotatable bonds is 23. The maximum absolute atomic E-state index is 13.3. The zero-order valence-corrected chi connectivity index (χ0v) is 33.1. The molecular weight excluding hydrogens is 723 g/mol. The molecule has 0 fully saturated rings. The van der Waals surface area contributed by atoms with Crippen LogP contribution in [0, 0.1) is 0 Å². The largest absolute Gasteiger partial charge is 0.456 e. The van der Waals surface area contributed by atoms with E-state index in [1.54, 1.807) is 0 Å². The molecule has 0 aromatic heterocycles. The molecule has 1 aliphatic heterocycles. The number of fused-ring (bicyclic) bond motifs is 2. The van der Waals surface area contributed by atoms with E-state index in [0.29, 0.717) is 67.5 Å². The third kappa shape index (κ3) is 11.3. The van der Waals surface area contributed by atoms with Crippen LogP contribution in [-0.4, -0.2) is 107 Å². The molecule has 0 radical (unpaired) electrons. The van der Waals surface area contributed by atoms with Gasteiger partial charge in [0.05, 0.1) is 57.2 Å². The number of sulfonamides is 1. The van der Waals surface area contributed by atoms with Gasteiger partial charge in [0.1, 0.15) is 29.3 Å². The predicted molar refractivity (Wildman–Crippen MR) is 207 cm³/mol. The smallest absolute Gasteiger partial charge is 0.295 e. The Bertz CT molecular complexity index is 2040. The van der Waals surface area contributed by atoms with Crippen molar-refractivity contribution in [3.63, 3.8) is 0 Å². The van der Waals surface area contributed by atoms with Crippen LogP contribution in [0.15, 0.2) is 68.8 Å². The summed E-state index contributed by atoms with van der Waals surface area (Å²) in [7, 11) is -9.08. The van der Waals surface area contributed by atoms with Crippen LogP contribution in [0.3, 0.4) is 0 Å². The SMILES string of the molecule is CCCOCCOCCOCCOCCNS(=O)(=O)c1ccc(-c2c3ccc(=[N+](CC)CC)cc-3oc3cc(N(CC)CC)ccc23)c(S(=O)(=O)O)c1. The Labute approximate surface area is 313 Å². The molecular formula is C38H54N3O10S2+. The molecule has 0 unspecified atom stereocenters. The van der Waals surface area contributed by atoms with Crippen molar-refractivity contribution in [3.8, 4) is 22.5 Å². The van der Waals surface area contributed by atoms with Gasteiger partial charge in [0.25, 0.3) is 10.1 Å². The van der Waals surface area contributed by atoms with E-state index < -0.39 is 25.0 Å². The summed E-state index contributed by atoms with van der Waals surface area (Å²) in [5.74, 6) is 0.514. The van der Waals surface area contributed by atoms with Crippen LogP contribution >= 0.6 is 0 Å². The van der Waals surface area contributed by atoms with E-state index in [-0.39, 0.29) is 30.2 Å². The minimum atomic E-state index is -4.90. The van der Waals surface area contributed by atoms with Crippen molar-refractivity contribution < 1.29 is 44.8 Å². The number of ether oxygens (including phenoxy) is 4. The van der Waals surface area contributed by atoms with E-state index >= 15 is 0 Å². The van der Waals surface area contributed by atoms with Gasteiger partial charge in [-0.2, -0.15) is 8.42 Å². The number of hydrogen-bond donors (Lipinski definition) is 2. The van der Waals surface area contributed by atoms with E-state index in [4.69, 9.17) is 23.4 Å². The lowest BCUT2D eigenvalue weighted by Gasteiger charge is -2.22. The molecule has 13 nitrogen and oxygen atoms in total. The molecule has 0 saturated carbocycles. The minimum absolute atomic E-state index is 0.0630. The van der Waals surface area contributed by atoms with Crippen molar-refractivity contribution in [1.82, 2.24) is 9.30 Å². The molecule has 53 heavy (non-hydrogen) atoms. The molecule has 2 aromatic rings. The average Bonchev–Trinajstić information content (AvgIpc) is 3.14. The fourth-order valence-electron chi connectivity index (χ4n) is 6.06. The average molecular weight is 777 g/mol. The lowest BCUT2D eigenvalue weighted by Crippen LogP contribution is -2.29. The normalized spacial score (nSPS) is 12.2. The van der Waals surface area contributed by atoms with Crippen molar-refractivity contribution in [2.45, 2.75) is 50.8 Å². The van der Waals surface area contributed by atoms with Crippen LogP contribution in [0.4, 0.5) is 5.69 Å². The number of nitrogens with zero attached hydrogens (tertiary/aromatic N) is 2. The summed E-state index contributed by atoms with van der Waals surface area (Å²) in [6.45, 7) is 16.5. The Morgan fingerprint density at radius 2 is 1.32 bits per heavy atom. The fraction of sp³-hybridized carbons (Fsp3) is 0.500. The van der Waals surface area contributed by atoms with Gasteiger partial charge < -0.3 is 28.3 Å². The van der Waals surface area contributed by atoms with Gasteiger partial charge in [-0.25, -0.2) is 17.7 Å². The lowest BCUT2D eigenvalue weighted by molar-refractivity contribution is -0.00109. The Balaban J connectivity index is 1.58. The summed E-state index contributed by atoms with van der Waals surface area (Å²) >= 11 is 0. The van der Waals surface area contributed by atoms with E-state index in [1.165, 1.54) is 12.1 Å². The van der Waals surface area contributed by atoms with E-state index in [2.05, 4.69) is 41.9 Å². The number of anilines is 1. The first kappa shape index (κ1) is 42.3. The van der Waals surface area contributed by atoms with Gasteiger partial charge in [-0.3, -0.25) is 4.55 Å². The summed E-state index contributed by atoms with van der Waals surface area (Å²) < 4.78 is 95.9. The van der Waals surface area contributed by atoms with Crippen molar-refractivity contribution in [2.75, 3.05) is 90.5 Å². The standard InChI is InChI=1S/C38H53N3O10S2/c1-6-18-47-20-22-49-24-25-50-23-21-48-19-17-39-52(42,43)31-13-16-34(37(28-31)53(44,45)46)38-32-14-11-29(40(7-2)8-3)26-35(32)51-36-27-30(12-15-33(36)38)41(9-4)10-5/h11-16,26-28,39H,6-10,17-25H2,1-5H3/p+1. The highest BCUT2D eigenvalue weighted by molar-refractivity contribution is 7.89. The van der Waals surface area contributed by atoms with Gasteiger partial charge in [-0.15, -0.1) is 0 Å². The molecule has 1 aliphatic carbocycles. The topological polar surface area (TPSA) is 157 Å². The maximum Gasteiger partial charge on any atom is 0.295 e. The summed E-state index contributed by atoms with van der Waals surface area (Å²) in [5, 5.41) is 1.54. The second-order valence-electron chi connectivity index (χ2n) is 12.2. The summed E-state index contributed by atoms with van der Waals surface area (Å²) in [6, 6.07) is 15.2. The van der Waals surface area contributed by atoms with Crippen molar-refractivity contribution in [2.24, 2.45) is 0 Å². The summed E-state index contributed by atoms with van der Waals surface area (Å²) in [4.78, 5) is 1.31. The van der Waals surface area contributed by atoms with Crippen molar-refractivity contribution >= 4 is 36.8 Å². The van der Waals surface area contributed by atoms with Crippen LogP contribution < -0.4 is 19.6 Å². The third-order valence-electron chi connectivity index (χ3n) is 8.76. The lowest BCUT2D eigenvalue weighted by atomic mass is 9.93. The number of hydrogen-bond acceptors (Lipinski definition) is 10. The first-order valence-corrected chi connectivity index (χ1v) is 21.2. The predicted octanol–water partition coefficient (Wildman–Crippen LogP) is 4.86.